The van der Waals surface area contributed by atoms with E-state index in [1.54, 1.807) is 6.07 Å². The lowest BCUT2D eigenvalue weighted by atomic mass is 10.1. The highest BCUT2D eigenvalue weighted by molar-refractivity contribution is 14.1. The van der Waals surface area contributed by atoms with Gasteiger partial charge in [-0.1, -0.05) is 27.5 Å². The molecule has 0 fully saturated rings. The minimum absolute atomic E-state index is 0.0204. The molecular weight excluding hydrogens is 502 g/mol. The van der Waals surface area contributed by atoms with E-state index in [0.29, 0.717) is 14.8 Å². The number of carbonyl (C=O) groups excluding carboxylic acids is 1. The average Bonchev–Trinajstić information content (AvgIpc) is 2.62. The number of halogens is 4. The van der Waals surface area contributed by atoms with E-state index >= 15 is 0 Å². The highest BCUT2D eigenvalue weighted by Crippen LogP contribution is 2.34. The number of hydrogen-bond acceptors (Lipinski definition) is 2. The quantitative estimate of drug-likeness (QED) is 0.374. The summed E-state index contributed by atoms with van der Waals surface area (Å²) in [5, 5.41) is 0. The minimum Gasteiger partial charge on any atom is -0.288 e. The van der Waals surface area contributed by atoms with E-state index in [1.807, 2.05) is 18.2 Å². The summed E-state index contributed by atoms with van der Waals surface area (Å²) in [5.41, 5.74) is 0.655. The van der Waals surface area contributed by atoms with E-state index < -0.39 is 0 Å². The summed E-state index contributed by atoms with van der Waals surface area (Å²) in [6, 6.07) is 7.42. The van der Waals surface area contributed by atoms with Crippen LogP contribution >= 0.6 is 77.4 Å². The second kappa shape index (κ2) is 5.69. The van der Waals surface area contributed by atoms with Gasteiger partial charge in [-0.05, 0) is 62.8 Å². The van der Waals surface area contributed by atoms with Crippen molar-refractivity contribution in [3.05, 3.63) is 51.6 Å². The Balaban J connectivity index is 2.47. The summed E-state index contributed by atoms with van der Waals surface area (Å²) in [7, 11) is 0. The summed E-state index contributed by atoms with van der Waals surface area (Å²) < 4.78 is 3.17. The highest BCUT2D eigenvalue weighted by Gasteiger charge is 2.17. The number of carbonyl (C=O) groups is 1. The predicted octanol–water partition coefficient (Wildman–Crippen LogP) is 5.76. The zero-order chi connectivity index (χ0) is 12.6. The highest BCUT2D eigenvalue weighted by atomic mass is 127. The van der Waals surface area contributed by atoms with Crippen LogP contribution in [-0.4, -0.2) is 5.78 Å². The number of rotatable bonds is 2. The van der Waals surface area contributed by atoms with E-state index in [0.717, 1.165) is 12.5 Å². The van der Waals surface area contributed by atoms with Crippen LogP contribution in [0.25, 0.3) is 0 Å². The van der Waals surface area contributed by atoms with Crippen molar-refractivity contribution in [1.29, 1.82) is 0 Å². The van der Waals surface area contributed by atoms with Gasteiger partial charge in [0.1, 0.15) is 4.34 Å². The van der Waals surface area contributed by atoms with E-state index in [2.05, 4.69) is 54.5 Å². The molecule has 0 unspecified atom stereocenters. The molecule has 0 saturated heterocycles. The first kappa shape index (κ1) is 14.0. The Morgan fingerprint density at radius 2 is 1.94 bits per heavy atom. The van der Waals surface area contributed by atoms with Gasteiger partial charge in [0, 0.05) is 18.1 Å². The van der Waals surface area contributed by atoms with Gasteiger partial charge in [-0.25, -0.2) is 0 Å². The molecule has 0 N–H and O–H groups in total. The van der Waals surface area contributed by atoms with E-state index in [4.69, 9.17) is 11.6 Å². The topological polar surface area (TPSA) is 17.1 Å². The first-order valence-electron chi connectivity index (χ1n) is 4.43. The van der Waals surface area contributed by atoms with Gasteiger partial charge >= 0.3 is 0 Å². The Bertz CT molecular complexity index is 578. The molecule has 1 aromatic carbocycles. The normalized spacial score (nSPS) is 10.6. The lowest BCUT2D eigenvalue weighted by molar-refractivity contribution is 0.104. The summed E-state index contributed by atoms with van der Waals surface area (Å²) in [6.45, 7) is 0. The fourth-order valence-corrected chi connectivity index (χ4v) is 3.84. The minimum atomic E-state index is -0.0204. The van der Waals surface area contributed by atoms with Gasteiger partial charge in [0.25, 0.3) is 0 Å². The van der Waals surface area contributed by atoms with Gasteiger partial charge in [-0.3, -0.25) is 4.79 Å². The van der Waals surface area contributed by atoms with E-state index in [1.165, 1.54) is 11.3 Å². The third-order valence-electron chi connectivity index (χ3n) is 2.04. The fourth-order valence-electron chi connectivity index (χ4n) is 1.26. The van der Waals surface area contributed by atoms with Crippen LogP contribution in [-0.2, 0) is 0 Å². The number of ketones is 1. The Morgan fingerprint density at radius 3 is 2.53 bits per heavy atom. The van der Waals surface area contributed by atoms with Crippen LogP contribution in [0, 0.1) is 3.57 Å². The van der Waals surface area contributed by atoms with Crippen molar-refractivity contribution in [2.24, 2.45) is 0 Å². The summed E-state index contributed by atoms with van der Waals surface area (Å²) in [6.07, 6.45) is 0. The second-order valence-electron chi connectivity index (χ2n) is 3.19. The zero-order valence-corrected chi connectivity index (χ0v) is 15.0. The molecule has 17 heavy (non-hydrogen) atoms. The van der Waals surface area contributed by atoms with Crippen LogP contribution in [0.2, 0.25) is 4.34 Å². The first-order valence-corrected chi connectivity index (χ1v) is 8.29. The van der Waals surface area contributed by atoms with Crippen LogP contribution in [0.15, 0.2) is 33.2 Å². The maximum Gasteiger partial charge on any atom is 0.204 e. The molecule has 0 radical (unpaired) electrons. The van der Waals surface area contributed by atoms with Gasteiger partial charge in [-0.2, -0.15) is 0 Å². The molecule has 0 aliphatic carbocycles. The number of thiophene rings is 1. The molecule has 0 aliphatic heterocycles. The average molecular weight is 506 g/mol. The maximum atomic E-state index is 12.3. The summed E-state index contributed by atoms with van der Waals surface area (Å²) in [4.78, 5) is 12.9. The molecule has 0 bridgehead atoms. The second-order valence-corrected chi connectivity index (χ2v) is 7.79. The van der Waals surface area contributed by atoms with E-state index in [9.17, 15) is 4.79 Å². The molecule has 1 nitrogen and oxygen atoms in total. The van der Waals surface area contributed by atoms with Gasteiger partial charge < -0.3 is 0 Å². The van der Waals surface area contributed by atoms with Crippen LogP contribution in [0.1, 0.15) is 15.2 Å². The lowest BCUT2D eigenvalue weighted by Crippen LogP contribution is -2.00. The van der Waals surface area contributed by atoms with Crippen LogP contribution < -0.4 is 0 Å². The van der Waals surface area contributed by atoms with E-state index in [-0.39, 0.29) is 5.78 Å². The van der Waals surface area contributed by atoms with Crippen molar-refractivity contribution in [2.75, 3.05) is 0 Å². The predicted molar refractivity (Wildman–Crippen MR) is 87.3 cm³/mol. The molecule has 1 heterocycles. The SMILES string of the molecule is O=C(c1cc(Br)c(Cl)s1)c1cc(I)ccc1Br. The van der Waals surface area contributed by atoms with Crippen molar-refractivity contribution >= 4 is 83.2 Å². The smallest absolute Gasteiger partial charge is 0.204 e. The molecule has 2 aromatic rings. The van der Waals surface area contributed by atoms with Crippen molar-refractivity contribution in [2.45, 2.75) is 0 Å². The molecule has 88 valence electrons. The standard InChI is InChI=1S/C11H4Br2ClIOS/c12-7-2-1-5(15)3-6(7)10(16)9-4-8(13)11(14)17-9/h1-4H. The fraction of sp³-hybridized carbons (Fsp3) is 0. The van der Waals surface area contributed by atoms with Crippen LogP contribution in [0.3, 0.4) is 0 Å². The molecular formula is C11H4Br2ClIOS. The van der Waals surface area contributed by atoms with Crippen molar-refractivity contribution in [3.63, 3.8) is 0 Å². The zero-order valence-electron chi connectivity index (χ0n) is 8.14. The Morgan fingerprint density at radius 1 is 1.24 bits per heavy atom. The molecule has 1 aromatic heterocycles. The lowest BCUT2D eigenvalue weighted by Gasteiger charge is -2.02. The van der Waals surface area contributed by atoms with Crippen molar-refractivity contribution < 1.29 is 4.79 Å². The Labute approximate surface area is 138 Å². The molecule has 0 amide bonds. The Hall–Kier alpha value is 0.570. The van der Waals surface area contributed by atoms with Gasteiger partial charge in [-0.15, -0.1) is 11.3 Å². The van der Waals surface area contributed by atoms with Crippen LogP contribution in [0.5, 0.6) is 0 Å². The largest absolute Gasteiger partial charge is 0.288 e. The van der Waals surface area contributed by atoms with Crippen molar-refractivity contribution in [3.8, 4) is 0 Å². The van der Waals surface area contributed by atoms with Gasteiger partial charge in [0.05, 0.1) is 4.88 Å². The third-order valence-corrected chi connectivity index (χ3v) is 5.88. The Kier molecular flexibility index (Phi) is 4.68. The van der Waals surface area contributed by atoms with Crippen LogP contribution in [0.4, 0.5) is 0 Å². The summed E-state index contributed by atoms with van der Waals surface area (Å²) in [5.74, 6) is -0.0204. The third kappa shape index (κ3) is 3.12. The summed E-state index contributed by atoms with van der Waals surface area (Å²) >= 11 is 16.1. The van der Waals surface area contributed by atoms with Gasteiger partial charge in [0.2, 0.25) is 5.78 Å². The molecule has 0 spiro atoms. The molecule has 2 rings (SSSR count). The molecule has 0 aliphatic rings. The van der Waals surface area contributed by atoms with Crippen molar-refractivity contribution in [1.82, 2.24) is 0 Å². The first-order chi connectivity index (χ1) is 7.99. The molecule has 0 atom stereocenters. The van der Waals surface area contributed by atoms with Gasteiger partial charge in [0.15, 0.2) is 0 Å². The monoisotopic (exact) mass is 504 g/mol. The maximum absolute atomic E-state index is 12.3. The number of benzene rings is 1. The molecule has 0 saturated carbocycles. The molecule has 6 heteroatoms. The number of hydrogen-bond donors (Lipinski definition) is 0.